The number of hydrogen-bond acceptors (Lipinski definition) is 5. The van der Waals surface area contributed by atoms with Gasteiger partial charge in [-0.2, -0.15) is 0 Å². The zero-order chi connectivity index (χ0) is 17.6. The van der Waals surface area contributed by atoms with Gasteiger partial charge in [0, 0.05) is 19.2 Å². The van der Waals surface area contributed by atoms with Gasteiger partial charge in [-0.3, -0.25) is 4.79 Å². The van der Waals surface area contributed by atoms with Crippen LogP contribution in [0.1, 0.15) is 31.4 Å². The molecule has 1 amide bonds. The van der Waals surface area contributed by atoms with E-state index in [9.17, 15) is 4.79 Å². The van der Waals surface area contributed by atoms with Crippen LogP contribution in [0.25, 0.3) is 0 Å². The maximum Gasteiger partial charge on any atom is 0.230 e. The quantitative estimate of drug-likeness (QED) is 0.473. The van der Waals surface area contributed by atoms with E-state index in [4.69, 9.17) is 11.6 Å². The number of rotatable bonds is 6. The summed E-state index contributed by atoms with van der Waals surface area (Å²) in [7, 11) is 0. The molecule has 0 bridgehead atoms. The van der Waals surface area contributed by atoms with E-state index in [1.807, 2.05) is 37.3 Å². The highest BCUT2D eigenvalue weighted by Gasteiger charge is 2.16. The molecule has 1 atom stereocenters. The lowest BCUT2D eigenvalue weighted by Crippen LogP contribution is -2.28. The molecule has 132 valence electrons. The first-order valence-corrected chi connectivity index (χ1v) is 9.75. The predicted octanol–water partition coefficient (Wildman–Crippen LogP) is 3.70. The van der Waals surface area contributed by atoms with Crippen molar-refractivity contribution in [1.82, 2.24) is 15.3 Å². The number of halogens is 1. The van der Waals surface area contributed by atoms with Gasteiger partial charge in [0.15, 0.2) is 5.16 Å². The minimum atomic E-state index is -0.0485. The SMILES string of the molecule is C[C@@H](NC(=O)CSc1nc(Cl)cc(N2CCCC2)n1)c1ccccc1. The van der Waals surface area contributed by atoms with Crippen molar-refractivity contribution < 1.29 is 4.79 Å². The van der Waals surface area contributed by atoms with Crippen LogP contribution in [0.5, 0.6) is 0 Å². The largest absolute Gasteiger partial charge is 0.356 e. The van der Waals surface area contributed by atoms with E-state index >= 15 is 0 Å². The minimum Gasteiger partial charge on any atom is -0.356 e. The van der Waals surface area contributed by atoms with Crippen LogP contribution in [-0.2, 0) is 4.79 Å². The third-order valence-corrected chi connectivity index (χ3v) is 5.14. The zero-order valence-corrected chi connectivity index (χ0v) is 15.7. The van der Waals surface area contributed by atoms with Crippen molar-refractivity contribution in [2.24, 2.45) is 0 Å². The summed E-state index contributed by atoms with van der Waals surface area (Å²) in [4.78, 5) is 23.2. The molecular weight excluding hydrogens is 356 g/mol. The molecule has 2 heterocycles. The molecule has 1 aromatic heterocycles. The summed E-state index contributed by atoms with van der Waals surface area (Å²) in [6, 6.07) is 11.6. The van der Waals surface area contributed by atoms with Crippen LogP contribution < -0.4 is 10.2 Å². The van der Waals surface area contributed by atoms with Crippen LogP contribution in [0.3, 0.4) is 0 Å². The molecule has 1 aliphatic rings. The number of amides is 1. The van der Waals surface area contributed by atoms with Gasteiger partial charge in [-0.1, -0.05) is 53.7 Å². The average molecular weight is 377 g/mol. The fourth-order valence-corrected chi connectivity index (χ4v) is 3.69. The van der Waals surface area contributed by atoms with Crippen molar-refractivity contribution in [3.8, 4) is 0 Å². The van der Waals surface area contributed by atoms with Crippen LogP contribution in [-0.4, -0.2) is 34.7 Å². The first kappa shape index (κ1) is 18.0. The van der Waals surface area contributed by atoms with Crippen LogP contribution in [0.15, 0.2) is 41.6 Å². The van der Waals surface area contributed by atoms with Crippen molar-refractivity contribution >= 4 is 35.1 Å². The molecule has 2 aromatic rings. The number of nitrogens with zero attached hydrogens (tertiary/aromatic N) is 3. The molecule has 0 aliphatic carbocycles. The van der Waals surface area contributed by atoms with E-state index in [1.54, 1.807) is 6.07 Å². The Labute approximate surface area is 157 Å². The maximum absolute atomic E-state index is 12.2. The van der Waals surface area contributed by atoms with Gasteiger partial charge in [0.25, 0.3) is 0 Å². The summed E-state index contributed by atoms with van der Waals surface area (Å²) in [5, 5.41) is 3.95. The molecular formula is C18H21ClN4OS. The Kier molecular flexibility index (Phi) is 6.15. The number of carbonyl (C=O) groups is 1. The molecule has 1 aliphatic heterocycles. The second-order valence-electron chi connectivity index (χ2n) is 6.01. The molecule has 1 fully saturated rings. The second-order valence-corrected chi connectivity index (χ2v) is 7.34. The maximum atomic E-state index is 12.2. The standard InChI is InChI=1S/C18H21ClN4OS/c1-13(14-7-3-2-4-8-14)20-17(24)12-25-18-21-15(19)11-16(22-18)23-9-5-6-10-23/h2-4,7-8,11,13H,5-6,9-10,12H2,1H3,(H,20,24)/t13-/m1/s1. The van der Waals surface area contributed by atoms with Crippen LogP contribution in [0.4, 0.5) is 5.82 Å². The normalized spacial score (nSPS) is 15.2. The lowest BCUT2D eigenvalue weighted by molar-refractivity contribution is -0.119. The van der Waals surface area contributed by atoms with Crippen LogP contribution in [0, 0.1) is 0 Å². The Bertz CT molecular complexity index is 722. The number of benzene rings is 1. The van der Waals surface area contributed by atoms with E-state index in [1.165, 1.54) is 24.6 Å². The second kappa shape index (κ2) is 8.54. The van der Waals surface area contributed by atoms with E-state index in [0.717, 1.165) is 24.5 Å². The molecule has 0 unspecified atom stereocenters. The number of hydrogen-bond donors (Lipinski definition) is 1. The summed E-state index contributed by atoms with van der Waals surface area (Å²) in [6.45, 7) is 3.96. The van der Waals surface area contributed by atoms with E-state index < -0.39 is 0 Å². The highest BCUT2D eigenvalue weighted by Crippen LogP contribution is 2.24. The van der Waals surface area contributed by atoms with Gasteiger partial charge in [-0.15, -0.1) is 0 Å². The molecule has 5 nitrogen and oxygen atoms in total. The molecule has 0 radical (unpaired) electrons. The van der Waals surface area contributed by atoms with Gasteiger partial charge >= 0.3 is 0 Å². The van der Waals surface area contributed by atoms with Crippen molar-refractivity contribution in [3.05, 3.63) is 47.1 Å². The lowest BCUT2D eigenvalue weighted by Gasteiger charge is -2.17. The number of thioether (sulfide) groups is 1. The summed E-state index contributed by atoms with van der Waals surface area (Å²) >= 11 is 7.42. The van der Waals surface area contributed by atoms with Gasteiger partial charge in [0.2, 0.25) is 5.91 Å². The Balaban J connectivity index is 1.56. The summed E-state index contributed by atoms with van der Waals surface area (Å²) < 4.78 is 0. The first-order chi connectivity index (χ1) is 12.1. The third-order valence-electron chi connectivity index (χ3n) is 4.10. The van der Waals surface area contributed by atoms with Gasteiger partial charge in [0.05, 0.1) is 11.8 Å². The highest BCUT2D eigenvalue weighted by molar-refractivity contribution is 7.99. The van der Waals surface area contributed by atoms with Gasteiger partial charge in [0.1, 0.15) is 11.0 Å². The predicted molar refractivity (Wildman–Crippen MR) is 102 cm³/mol. The molecule has 25 heavy (non-hydrogen) atoms. The van der Waals surface area contributed by atoms with Gasteiger partial charge in [-0.05, 0) is 25.3 Å². The van der Waals surface area contributed by atoms with Crippen LogP contribution >= 0.6 is 23.4 Å². The number of carbonyl (C=O) groups excluding carboxylic acids is 1. The molecule has 3 rings (SSSR count). The summed E-state index contributed by atoms with van der Waals surface area (Å²) in [5.74, 6) is 1.06. The first-order valence-electron chi connectivity index (χ1n) is 8.38. The molecule has 0 spiro atoms. The van der Waals surface area contributed by atoms with Crippen LogP contribution in [0.2, 0.25) is 5.15 Å². The number of aromatic nitrogens is 2. The summed E-state index contributed by atoms with van der Waals surface area (Å²) in [6.07, 6.45) is 2.34. The summed E-state index contributed by atoms with van der Waals surface area (Å²) in [5.41, 5.74) is 1.08. The van der Waals surface area contributed by atoms with E-state index in [-0.39, 0.29) is 17.7 Å². The monoisotopic (exact) mass is 376 g/mol. The van der Waals surface area contributed by atoms with Crippen molar-refractivity contribution in [3.63, 3.8) is 0 Å². The molecule has 1 saturated heterocycles. The smallest absolute Gasteiger partial charge is 0.230 e. The van der Waals surface area contributed by atoms with Crippen molar-refractivity contribution in [2.75, 3.05) is 23.7 Å². The number of nitrogens with one attached hydrogen (secondary N) is 1. The number of anilines is 1. The Morgan fingerprint density at radius 1 is 1.28 bits per heavy atom. The topological polar surface area (TPSA) is 58.1 Å². The van der Waals surface area contributed by atoms with Crippen molar-refractivity contribution in [2.45, 2.75) is 31.0 Å². The Hall–Kier alpha value is -1.79. The lowest BCUT2D eigenvalue weighted by atomic mass is 10.1. The Morgan fingerprint density at radius 2 is 2.00 bits per heavy atom. The fourth-order valence-electron chi connectivity index (χ4n) is 2.80. The molecule has 7 heteroatoms. The Morgan fingerprint density at radius 3 is 2.72 bits per heavy atom. The fraction of sp³-hybridized carbons (Fsp3) is 0.389. The molecule has 1 aromatic carbocycles. The van der Waals surface area contributed by atoms with Crippen molar-refractivity contribution in [1.29, 1.82) is 0 Å². The molecule has 0 saturated carbocycles. The molecule has 1 N–H and O–H groups in total. The van der Waals surface area contributed by atoms with Gasteiger partial charge in [-0.25, -0.2) is 9.97 Å². The van der Waals surface area contributed by atoms with Gasteiger partial charge < -0.3 is 10.2 Å². The van der Waals surface area contributed by atoms with E-state index in [0.29, 0.717) is 10.3 Å². The zero-order valence-electron chi connectivity index (χ0n) is 14.1. The average Bonchev–Trinajstić information content (AvgIpc) is 3.15. The van der Waals surface area contributed by atoms with E-state index in [2.05, 4.69) is 20.2 Å². The minimum absolute atomic E-state index is 0.0326. The third kappa shape index (κ3) is 5.09. The highest BCUT2D eigenvalue weighted by atomic mass is 35.5.